The van der Waals surface area contributed by atoms with Crippen LogP contribution in [-0.2, 0) is 12.8 Å². The first-order valence-electron chi connectivity index (χ1n) is 7.05. The molecule has 3 aromatic rings. The van der Waals surface area contributed by atoms with E-state index < -0.39 is 0 Å². The lowest BCUT2D eigenvalue weighted by Crippen LogP contribution is -1.84. The van der Waals surface area contributed by atoms with Gasteiger partial charge >= 0.3 is 0 Å². The predicted octanol–water partition coefficient (Wildman–Crippen LogP) is 4.93. The molecule has 1 heterocycles. The van der Waals surface area contributed by atoms with Crippen molar-refractivity contribution in [3.8, 4) is 16.9 Å². The highest BCUT2D eigenvalue weighted by molar-refractivity contribution is 5.95. The maximum absolute atomic E-state index is 10.1. The molecule has 3 rings (SSSR count). The second-order valence-corrected chi connectivity index (χ2v) is 5.04. The summed E-state index contributed by atoms with van der Waals surface area (Å²) in [6, 6.07) is 12.0. The fourth-order valence-corrected chi connectivity index (χ4v) is 2.52. The van der Waals surface area contributed by atoms with Gasteiger partial charge < -0.3 is 9.52 Å². The average molecular weight is 266 g/mol. The molecule has 0 saturated heterocycles. The van der Waals surface area contributed by atoms with Crippen molar-refractivity contribution in [3.63, 3.8) is 0 Å². The normalized spacial score (nSPS) is 11.1. The second-order valence-electron chi connectivity index (χ2n) is 5.04. The van der Waals surface area contributed by atoms with E-state index in [1.165, 1.54) is 11.1 Å². The van der Waals surface area contributed by atoms with Crippen LogP contribution in [0.25, 0.3) is 22.1 Å². The Morgan fingerprint density at radius 2 is 1.60 bits per heavy atom. The molecule has 0 amide bonds. The largest absolute Gasteiger partial charge is 0.507 e. The number of fused-ring (bicyclic) bond motifs is 1. The van der Waals surface area contributed by atoms with Crippen LogP contribution in [0.5, 0.6) is 5.75 Å². The topological polar surface area (TPSA) is 33.4 Å². The standard InChI is InChI=1S/C18H18O2/c1-3-12-5-7-17(19)14(9-12)16-11-20-18-8-6-13(4-2)10-15(16)18/h5-11,19H,3-4H2,1-2H3. The van der Waals surface area contributed by atoms with E-state index in [-0.39, 0.29) is 0 Å². The summed E-state index contributed by atoms with van der Waals surface area (Å²) >= 11 is 0. The molecule has 1 N–H and O–H groups in total. The highest BCUT2D eigenvalue weighted by Gasteiger charge is 2.12. The fourth-order valence-electron chi connectivity index (χ4n) is 2.52. The molecule has 0 aliphatic heterocycles. The summed E-state index contributed by atoms with van der Waals surface area (Å²) in [6.07, 6.45) is 3.67. The maximum atomic E-state index is 10.1. The Morgan fingerprint density at radius 3 is 2.35 bits per heavy atom. The summed E-state index contributed by atoms with van der Waals surface area (Å²) in [7, 11) is 0. The van der Waals surface area contributed by atoms with Crippen LogP contribution in [0.15, 0.2) is 47.1 Å². The zero-order valence-corrected chi connectivity index (χ0v) is 11.8. The van der Waals surface area contributed by atoms with Crippen molar-refractivity contribution in [3.05, 3.63) is 53.8 Å². The molecule has 102 valence electrons. The van der Waals surface area contributed by atoms with Gasteiger partial charge in [0, 0.05) is 16.5 Å². The van der Waals surface area contributed by atoms with Gasteiger partial charge in [0.1, 0.15) is 11.3 Å². The SMILES string of the molecule is CCc1ccc(O)c(-c2coc3ccc(CC)cc23)c1. The number of hydrogen-bond acceptors (Lipinski definition) is 2. The van der Waals surface area contributed by atoms with E-state index in [0.717, 1.165) is 34.9 Å². The molecule has 0 unspecified atom stereocenters. The van der Waals surface area contributed by atoms with Gasteiger partial charge in [-0.25, -0.2) is 0 Å². The Balaban J connectivity index is 2.23. The number of aryl methyl sites for hydroxylation is 2. The first-order chi connectivity index (χ1) is 9.72. The summed E-state index contributed by atoms with van der Waals surface area (Å²) < 4.78 is 5.62. The average Bonchev–Trinajstić information content (AvgIpc) is 2.90. The molecule has 0 atom stereocenters. The highest BCUT2D eigenvalue weighted by Crippen LogP contribution is 2.37. The van der Waals surface area contributed by atoms with E-state index in [1.807, 2.05) is 18.2 Å². The molecule has 0 spiro atoms. The summed E-state index contributed by atoms with van der Waals surface area (Å²) in [4.78, 5) is 0. The lowest BCUT2D eigenvalue weighted by molar-refractivity contribution is 0.477. The van der Waals surface area contributed by atoms with E-state index in [4.69, 9.17) is 4.42 Å². The molecule has 0 saturated carbocycles. The van der Waals surface area contributed by atoms with Crippen molar-refractivity contribution in [1.29, 1.82) is 0 Å². The minimum atomic E-state index is 0.298. The van der Waals surface area contributed by atoms with Gasteiger partial charge in [-0.1, -0.05) is 26.0 Å². The molecule has 1 aromatic heterocycles. The van der Waals surface area contributed by atoms with Crippen molar-refractivity contribution in [2.75, 3.05) is 0 Å². The zero-order chi connectivity index (χ0) is 14.1. The Morgan fingerprint density at radius 1 is 0.900 bits per heavy atom. The third-order valence-electron chi connectivity index (χ3n) is 3.81. The van der Waals surface area contributed by atoms with E-state index in [2.05, 4.69) is 26.0 Å². The highest BCUT2D eigenvalue weighted by atomic mass is 16.3. The van der Waals surface area contributed by atoms with Crippen molar-refractivity contribution >= 4 is 11.0 Å². The third kappa shape index (κ3) is 2.07. The molecule has 0 aliphatic rings. The summed E-state index contributed by atoms with van der Waals surface area (Å²) in [5.41, 5.74) is 5.14. The number of aromatic hydroxyl groups is 1. The maximum Gasteiger partial charge on any atom is 0.134 e. The van der Waals surface area contributed by atoms with Crippen molar-refractivity contribution in [2.24, 2.45) is 0 Å². The van der Waals surface area contributed by atoms with Crippen molar-refractivity contribution in [1.82, 2.24) is 0 Å². The lowest BCUT2D eigenvalue weighted by Gasteiger charge is -2.06. The molecule has 2 heteroatoms. The van der Waals surface area contributed by atoms with Crippen LogP contribution in [-0.4, -0.2) is 5.11 Å². The smallest absolute Gasteiger partial charge is 0.134 e. The molecule has 20 heavy (non-hydrogen) atoms. The first-order valence-corrected chi connectivity index (χ1v) is 7.05. The molecular formula is C18H18O2. The molecule has 0 bridgehead atoms. The van der Waals surface area contributed by atoms with Crippen molar-refractivity contribution < 1.29 is 9.52 Å². The van der Waals surface area contributed by atoms with E-state index in [0.29, 0.717) is 5.75 Å². The van der Waals surface area contributed by atoms with Crippen LogP contribution in [0.2, 0.25) is 0 Å². The number of benzene rings is 2. The van der Waals surface area contributed by atoms with E-state index in [1.54, 1.807) is 12.3 Å². The number of phenols is 1. The number of phenolic OH excluding ortho intramolecular Hbond substituents is 1. The number of rotatable bonds is 3. The van der Waals surface area contributed by atoms with E-state index in [9.17, 15) is 5.11 Å². The van der Waals surface area contributed by atoms with Gasteiger partial charge in [0.15, 0.2) is 0 Å². The van der Waals surface area contributed by atoms with Crippen molar-refractivity contribution in [2.45, 2.75) is 26.7 Å². The van der Waals surface area contributed by atoms with Crippen LogP contribution < -0.4 is 0 Å². The van der Waals surface area contributed by atoms with Crippen LogP contribution >= 0.6 is 0 Å². The molecule has 0 aliphatic carbocycles. The monoisotopic (exact) mass is 266 g/mol. The lowest BCUT2D eigenvalue weighted by atomic mass is 9.99. The van der Waals surface area contributed by atoms with Gasteiger partial charge in [-0.3, -0.25) is 0 Å². The summed E-state index contributed by atoms with van der Waals surface area (Å²) in [5.74, 6) is 0.298. The Hall–Kier alpha value is -2.22. The Bertz CT molecular complexity index is 753. The van der Waals surface area contributed by atoms with Crippen LogP contribution in [0, 0.1) is 0 Å². The van der Waals surface area contributed by atoms with Crippen LogP contribution in [0.1, 0.15) is 25.0 Å². The predicted molar refractivity (Wildman–Crippen MR) is 82.1 cm³/mol. The number of hydrogen-bond donors (Lipinski definition) is 1. The molecule has 2 nitrogen and oxygen atoms in total. The molecular weight excluding hydrogens is 248 g/mol. The van der Waals surface area contributed by atoms with Gasteiger partial charge in [0.25, 0.3) is 0 Å². The third-order valence-corrected chi connectivity index (χ3v) is 3.81. The number of furan rings is 1. The van der Waals surface area contributed by atoms with Gasteiger partial charge in [0.05, 0.1) is 6.26 Å². The van der Waals surface area contributed by atoms with Gasteiger partial charge in [-0.05, 0) is 48.2 Å². The van der Waals surface area contributed by atoms with Gasteiger partial charge in [-0.15, -0.1) is 0 Å². The molecule has 2 aromatic carbocycles. The summed E-state index contributed by atoms with van der Waals surface area (Å²) in [6.45, 7) is 4.24. The minimum absolute atomic E-state index is 0.298. The fraction of sp³-hybridized carbons (Fsp3) is 0.222. The zero-order valence-electron chi connectivity index (χ0n) is 11.8. The van der Waals surface area contributed by atoms with E-state index >= 15 is 0 Å². The molecule has 0 fully saturated rings. The quantitative estimate of drug-likeness (QED) is 0.729. The van der Waals surface area contributed by atoms with Crippen LogP contribution in [0.4, 0.5) is 0 Å². The van der Waals surface area contributed by atoms with Gasteiger partial charge in [-0.2, -0.15) is 0 Å². The first kappa shape index (κ1) is 12.8. The Labute approximate surface area is 118 Å². The minimum Gasteiger partial charge on any atom is -0.507 e. The second kappa shape index (κ2) is 5.04. The summed E-state index contributed by atoms with van der Waals surface area (Å²) in [5, 5.41) is 11.2. The Kier molecular flexibility index (Phi) is 3.23. The van der Waals surface area contributed by atoms with Gasteiger partial charge in [0.2, 0.25) is 0 Å². The molecule has 0 radical (unpaired) electrons. The van der Waals surface area contributed by atoms with Crippen LogP contribution in [0.3, 0.4) is 0 Å².